The third-order valence-electron chi connectivity index (χ3n) is 0.890. The van der Waals surface area contributed by atoms with E-state index >= 15 is 0 Å². The number of Topliss-reactive ketones (excluding diaryl/α,β-unsaturated/α-hetero) is 1. The van der Waals surface area contributed by atoms with Gasteiger partial charge in [-0.2, -0.15) is 11.8 Å². The molecule has 0 fully saturated rings. The molecule has 0 radical (unpaired) electrons. The number of carbonyl (C=O) groups excluding carboxylic acids is 1. The highest BCUT2D eigenvalue weighted by molar-refractivity contribution is 7.98. The Balaban J connectivity index is 3.06. The lowest BCUT2D eigenvalue weighted by molar-refractivity contribution is -0.122. The molecule has 0 heterocycles. The number of rotatable bonds is 5. The van der Waals surface area contributed by atoms with Crippen LogP contribution in [-0.2, 0) is 9.53 Å². The van der Waals surface area contributed by atoms with Gasteiger partial charge < -0.3 is 4.74 Å². The Labute approximate surface area is 60.0 Å². The lowest BCUT2D eigenvalue weighted by Crippen LogP contribution is -2.06. The molecule has 9 heavy (non-hydrogen) atoms. The molecule has 0 aliphatic heterocycles. The number of hydrogen-bond acceptors (Lipinski definition) is 3. The third kappa shape index (κ3) is 5.86. The van der Waals surface area contributed by atoms with Crippen LogP contribution in [0.1, 0.15) is 6.42 Å². The summed E-state index contributed by atoms with van der Waals surface area (Å²) in [5, 5.41) is 0. The molecule has 0 bridgehead atoms. The van der Waals surface area contributed by atoms with Crippen LogP contribution in [0.25, 0.3) is 0 Å². The van der Waals surface area contributed by atoms with Gasteiger partial charge in [0.15, 0.2) is 5.78 Å². The SMILES string of the molecule is COCC(=O)CCSC. The molecule has 0 aliphatic rings. The Bertz CT molecular complexity index is 83.1. The number of methoxy groups -OCH3 is 1. The minimum atomic E-state index is 0.187. The maximum atomic E-state index is 10.7. The average molecular weight is 148 g/mol. The number of thioether (sulfide) groups is 1. The van der Waals surface area contributed by atoms with Crippen LogP contribution >= 0.6 is 11.8 Å². The Morgan fingerprint density at radius 3 is 2.78 bits per heavy atom. The van der Waals surface area contributed by atoms with Crippen LogP contribution in [0, 0.1) is 0 Å². The topological polar surface area (TPSA) is 26.3 Å². The third-order valence-corrected chi connectivity index (χ3v) is 1.50. The van der Waals surface area contributed by atoms with Gasteiger partial charge in [-0.05, 0) is 12.0 Å². The van der Waals surface area contributed by atoms with Crippen molar-refractivity contribution in [1.82, 2.24) is 0 Å². The fourth-order valence-electron chi connectivity index (χ4n) is 0.449. The van der Waals surface area contributed by atoms with Gasteiger partial charge >= 0.3 is 0 Å². The van der Waals surface area contributed by atoms with Crippen molar-refractivity contribution in [3.63, 3.8) is 0 Å². The van der Waals surface area contributed by atoms with E-state index in [0.717, 1.165) is 5.75 Å². The molecular weight excluding hydrogens is 136 g/mol. The first-order valence-electron chi connectivity index (χ1n) is 2.81. The molecule has 54 valence electrons. The predicted molar refractivity (Wildman–Crippen MR) is 39.9 cm³/mol. The van der Waals surface area contributed by atoms with Crippen LogP contribution in [0.4, 0.5) is 0 Å². The number of ether oxygens (including phenoxy) is 1. The molecule has 0 aliphatic carbocycles. The van der Waals surface area contributed by atoms with Gasteiger partial charge in [0.25, 0.3) is 0 Å². The van der Waals surface area contributed by atoms with Crippen molar-refractivity contribution >= 4 is 17.5 Å². The van der Waals surface area contributed by atoms with Crippen molar-refractivity contribution in [3.05, 3.63) is 0 Å². The number of carbonyl (C=O) groups is 1. The zero-order valence-corrected chi connectivity index (χ0v) is 6.66. The zero-order valence-electron chi connectivity index (χ0n) is 5.85. The molecule has 3 heteroatoms. The molecule has 0 rings (SSSR count). The van der Waals surface area contributed by atoms with Gasteiger partial charge in [-0.15, -0.1) is 0 Å². The van der Waals surface area contributed by atoms with Crippen LogP contribution in [-0.4, -0.2) is 31.5 Å². The second-order valence-electron chi connectivity index (χ2n) is 1.71. The van der Waals surface area contributed by atoms with E-state index in [0.29, 0.717) is 6.42 Å². The monoisotopic (exact) mass is 148 g/mol. The summed E-state index contributed by atoms with van der Waals surface area (Å²) in [7, 11) is 1.54. The lowest BCUT2D eigenvalue weighted by atomic mass is 10.3. The van der Waals surface area contributed by atoms with E-state index in [9.17, 15) is 4.79 Å². The fourth-order valence-corrected chi connectivity index (χ4v) is 0.881. The first-order chi connectivity index (χ1) is 4.31. The number of hydrogen-bond donors (Lipinski definition) is 0. The minimum absolute atomic E-state index is 0.187. The van der Waals surface area contributed by atoms with E-state index in [4.69, 9.17) is 0 Å². The van der Waals surface area contributed by atoms with Crippen molar-refractivity contribution in [2.45, 2.75) is 6.42 Å². The van der Waals surface area contributed by atoms with Crippen LogP contribution in [0.3, 0.4) is 0 Å². The van der Waals surface area contributed by atoms with Crippen LogP contribution in [0.2, 0.25) is 0 Å². The fraction of sp³-hybridized carbons (Fsp3) is 0.833. The first-order valence-corrected chi connectivity index (χ1v) is 4.20. The van der Waals surface area contributed by atoms with E-state index in [2.05, 4.69) is 4.74 Å². The van der Waals surface area contributed by atoms with Crippen molar-refractivity contribution in [3.8, 4) is 0 Å². The van der Waals surface area contributed by atoms with Gasteiger partial charge in [0.2, 0.25) is 0 Å². The quantitative estimate of drug-likeness (QED) is 0.580. The van der Waals surface area contributed by atoms with Crippen LogP contribution < -0.4 is 0 Å². The van der Waals surface area contributed by atoms with Gasteiger partial charge in [0.05, 0.1) is 0 Å². The molecule has 0 aromatic rings. The standard InChI is InChI=1S/C6H12O2S/c1-8-5-6(7)3-4-9-2/h3-5H2,1-2H3. The largest absolute Gasteiger partial charge is 0.377 e. The van der Waals surface area contributed by atoms with E-state index in [1.165, 1.54) is 7.11 Å². The highest BCUT2D eigenvalue weighted by Gasteiger charge is 1.97. The molecule has 0 aromatic carbocycles. The molecule has 0 saturated heterocycles. The van der Waals surface area contributed by atoms with Crippen LogP contribution in [0.15, 0.2) is 0 Å². The molecule has 0 amide bonds. The van der Waals surface area contributed by atoms with Gasteiger partial charge in [-0.3, -0.25) is 4.79 Å². The van der Waals surface area contributed by atoms with Gasteiger partial charge in [0.1, 0.15) is 6.61 Å². The number of ketones is 1. The summed E-state index contributed by atoms with van der Waals surface area (Å²) in [6, 6.07) is 0. The Morgan fingerprint density at radius 1 is 1.67 bits per heavy atom. The molecule has 2 nitrogen and oxygen atoms in total. The molecular formula is C6H12O2S. The summed E-state index contributed by atoms with van der Waals surface area (Å²) in [6.07, 6.45) is 2.62. The van der Waals surface area contributed by atoms with E-state index < -0.39 is 0 Å². The Hall–Kier alpha value is -0.0200. The Morgan fingerprint density at radius 2 is 2.33 bits per heavy atom. The second-order valence-corrected chi connectivity index (χ2v) is 2.70. The normalized spacial score (nSPS) is 9.56. The smallest absolute Gasteiger partial charge is 0.159 e. The van der Waals surface area contributed by atoms with E-state index in [-0.39, 0.29) is 12.4 Å². The molecule has 0 unspecified atom stereocenters. The van der Waals surface area contributed by atoms with E-state index in [1.807, 2.05) is 6.26 Å². The summed E-state index contributed by atoms with van der Waals surface area (Å²) < 4.78 is 4.64. The second kappa shape index (κ2) is 6.11. The van der Waals surface area contributed by atoms with Crippen molar-refractivity contribution in [1.29, 1.82) is 0 Å². The van der Waals surface area contributed by atoms with Crippen molar-refractivity contribution in [2.24, 2.45) is 0 Å². The summed E-state index contributed by atoms with van der Waals surface area (Å²) in [5.74, 6) is 1.09. The molecule has 0 N–H and O–H groups in total. The lowest BCUT2D eigenvalue weighted by Gasteiger charge is -1.95. The minimum Gasteiger partial charge on any atom is -0.377 e. The molecule has 0 saturated carbocycles. The Kier molecular flexibility index (Phi) is 6.09. The first kappa shape index (κ1) is 8.98. The van der Waals surface area contributed by atoms with E-state index in [1.54, 1.807) is 11.8 Å². The zero-order chi connectivity index (χ0) is 7.11. The maximum absolute atomic E-state index is 10.7. The molecule has 0 spiro atoms. The van der Waals surface area contributed by atoms with Crippen LogP contribution in [0.5, 0.6) is 0 Å². The maximum Gasteiger partial charge on any atom is 0.159 e. The molecule has 0 aromatic heterocycles. The van der Waals surface area contributed by atoms with Gasteiger partial charge in [0, 0.05) is 13.5 Å². The predicted octanol–water partition coefficient (Wildman–Crippen LogP) is 0.955. The highest BCUT2D eigenvalue weighted by atomic mass is 32.2. The summed E-state index contributed by atoms with van der Waals surface area (Å²) in [4.78, 5) is 10.7. The van der Waals surface area contributed by atoms with Crippen molar-refractivity contribution in [2.75, 3.05) is 25.7 Å². The van der Waals surface area contributed by atoms with Crippen molar-refractivity contribution < 1.29 is 9.53 Å². The summed E-state index contributed by atoms with van der Waals surface area (Å²) >= 11 is 1.68. The summed E-state index contributed by atoms with van der Waals surface area (Å²) in [6.45, 7) is 0.264. The highest BCUT2D eigenvalue weighted by Crippen LogP contribution is 1.95. The average Bonchev–Trinajstić information content (AvgIpc) is 1.85. The molecule has 0 atom stereocenters. The summed E-state index contributed by atoms with van der Waals surface area (Å²) in [5.41, 5.74) is 0. The van der Waals surface area contributed by atoms with Gasteiger partial charge in [-0.1, -0.05) is 0 Å². The van der Waals surface area contributed by atoms with Gasteiger partial charge in [-0.25, -0.2) is 0 Å².